The number of alkyl halides is 3. The summed E-state index contributed by atoms with van der Waals surface area (Å²) in [5, 5.41) is 10.7. The predicted octanol–water partition coefficient (Wildman–Crippen LogP) is 7.24. The van der Waals surface area contributed by atoms with Gasteiger partial charge in [-0.3, -0.25) is 0 Å². The average molecular weight is 463 g/mol. The molecule has 1 atom stereocenters. The normalized spacial score (nSPS) is 12.7. The van der Waals surface area contributed by atoms with Gasteiger partial charge in [-0.15, -0.1) is 11.8 Å². The molecule has 0 aliphatic rings. The van der Waals surface area contributed by atoms with Crippen molar-refractivity contribution in [2.75, 3.05) is 5.75 Å². The fraction of sp³-hybridized carbons (Fsp3) is 0.320. The van der Waals surface area contributed by atoms with E-state index in [9.17, 15) is 23.1 Å². The van der Waals surface area contributed by atoms with Crippen molar-refractivity contribution < 1.29 is 22.7 Å². The molecule has 32 heavy (non-hydrogen) atoms. The lowest BCUT2D eigenvalue weighted by molar-refractivity contribution is -0.137. The van der Waals surface area contributed by atoms with Gasteiger partial charge in [0, 0.05) is 22.6 Å². The lowest BCUT2D eigenvalue weighted by Gasteiger charge is -2.16. The van der Waals surface area contributed by atoms with Gasteiger partial charge in [-0.25, -0.2) is 4.79 Å². The molecule has 1 aromatic heterocycles. The van der Waals surface area contributed by atoms with Crippen molar-refractivity contribution in [2.45, 2.75) is 51.1 Å². The highest BCUT2D eigenvalue weighted by molar-refractivity contribution is 7.99. The van der Waals surface area contributed by atoms with Crippen LogP contribution in [0.25, 0.3) is 11.1 Å². The molecule has 3 aromatic rings. The molecule has 7 heteroatoms. The maximum atomic E-state index is 12.8. The van der Waals surface area contributed by atoms with E-state index in [4.69, 9.17) is 4.42 Å². The fourth-order valence-electron chi connectivity index (χ4n) is 3.84. The summed E-state index contributed by atoms with van der Waals surface area (Å²) in [6.07, 6.45) is -3.73. The summed E-state index contributed by atoms with van der Waals surface area (Å²) in [5.41, 5.74) is 2.34. The van der Waals surface area contributed by atoms with E-state index in [2.05, 4.69) is 0 Å². The van der Waals surface area contributed by atoms with Crippen molar-refractivity contribution in [3.05, 3.63) is 80.9 Å². The van der Waals surface area contributed by atoms with Crippen LogP contribution in [-0.4, -0.2) is 10.9 Å². The van der Waals surface area contributed by atoms with Crippen LogP contribution in [0.1, 0.15) is 47.3 Å². The van der Waals surface area contributed by atoms with Gasteiger partial charge in [-0.1, -0.05) is 24.6 Å². The standard InChI is InChI=1S/C25H25F3O3S/c1-5-17(13-32-19-8-6-18(7-9-19)25(26,27)28)21-12-20(29)23(24(30)31-21)22-15(3)10-14(2)11-16(22)4/h6-12,17,29H,5,13H2,1-4H3. The highest BCUT2D eigenvalue weighted by Crippen LogP contribution is 2.36. The van der Waals surface area contributed by atoms with Gasteiger partial charge in [-0.05, 0) is 68.1 Å². The van der Waals surface area contributed by atoms with Gasteiger partial charge in [0.15, 0.2) is 0 Å². The lowest BCUT2D eigenvalue weighted by atomic mass is 9.93. The summed E-state index contributed by atoms with van der Waals surface area (Å²) in [4.78, 5) is 13.5. The van der Waals surface area contributed by atoms with Gasteiger partial charge >= 0.3 is 11.8 Å². The van der Waals surface area contributed by atoms with Gasteiger partial charge in [0.1, 0.15) is 17.1 Å². The van der Waals surface area contributed by atoms with Crippen molar-refractivity contribution in [2.24, 2.45) is 0 Å². The van der Waals surface area contributed by atoms with Gasteiger partial charge in [-0.2, -0.15) is 13.2 Å². The van der Waals surface area contributed by atoms with Crippen molar-refractivity contribution in [1.29, 1.82) is 0 Å². The molecular formula is C25H25F3O3S. The first-order valence-corrected chi connectivity index (χ1v) is 11.2. The molecular weight excluding hydrogens is 437 g/mol. The maximum absolute atomic E-state index is 12.8. The number of benzene rings is 2. The quantitative estimate of drug-likeness (QED) is 0.392. The molecule has 0 bridgehead atoms. The Morgan fingerprint density at radius 1 is 1.00 bits per heavy atom. The van der Waals surface area contributed by atoms with Crippen LogP contribution in [0.2, 0.25) is 0 Å². The zero-order valence-corrected chi connectivity index (χ0v) is 19.2. The van der Waals surface area contributed by atoms with E-state index in [1.165, 1.54) is 30.0 Å². The number of halogens is 3. The van der Waals surface area contributed by atoms with Crippen LogP contribution in [0.5, 0.6) is 5.75 Å². The Morgan fingerprint density at radius 3 is 2.09 bits per heavy atom. The Hall–Kier alpha value is -2.67. The van der Waals surface area contributed by atoms with Crippen LogP contribution in [0.15, 0.2) is 56.6 Å². The molecule has 0 amide bonds. The van der Waals surface area contributed by atoms with E-state index < -0.39 is 17.4 Å². The van der Waals surface area contributed by atoms with E-state index >= 15 is 0 Å². The second-order valence-electron chi connectivity index (χ2n) is 7.91. The average Bonchev–Trinajstić information content (AvgIpc) is 2.69. The third kappa shape index (κ3) is 5.21. The van der Waals surface area contributed by atoms with Crippen LogP contribution >= 0.6 is 11.8 Å². The topological polar surface area (TPSA) is 50.4 Å². The van der Waals surface area contributed by atoms with Gasteiger partial charge in [0.25, 0.3) is 0 Å². The SMILES string of the molecule is CCC(CSc1ccc(C(F)(F)F)cc1)c1cc(O)c(-c2c(C)cc(C)cc2C)c(=O)o1. The molecule has 3 nitrogen and oxygen atoms in total. The molecule has 2 aromatic carbocycles. The number of hydrogen-bond acceptors (Lipinski definition) is 4. The molecule has 1 unspecified atom stereocenters. The van der Waals surface area contributed by atoms with Crippen LogP contribution < -0.4 is 5.63 Å². The third-order valence-electron chi connectivity index (χ3n) is 5.40. The van der Waals surface area contributed by atoms with Crippen molar-refractivity contribution in [3.8, 4) is 16.9 Å². The van der Waals surface area contributed by atoms with Crippen molar-refractivity contribution in [3.63, 3.8) is 0 Å². The van der Waals surface area contributed by atoms with Crippen LogP contribution in [0, 0.1) is 20.8 Å². The first kappa shape index (κ1) is 24.0. The van der Waals surface area contributed by atoms with Gasteiger partial charge < -0.3 is 9.52 Å². The van der Waals surface area contributed by atoms with Crippen molar-refractivity contribution in [1.82, 2.24) is 0 Å². The minimum Gasteiger partial charge on any atom is -0.507 e. The molecule has 0 fully saturated rings. The van der Waals surface area contributed by atoms with E-state index in [1.54, 1.807) is 0 Å². The lowest BCUT2D eigenvalue weighted by Crippen LogP contribution is -2.11. The fourth-order valence-corrected chi connectivity index (χ4v) is 4.96. The molecule has 0 saturated heterocycles. The second kappa shape index (κ2) is 9.45. The summed E-state index contributed by atoms with van der Waals surface area (Å²) in [6, 6.07) is 10.3. The molecule has 3 rings (SSSR count). The number of aryl methyl sites for hydroxylation is 3. The molecule has 1 N–H and O–H groups in total. The molecule has 0 saturated carbocycles. The van der Waals surface area contributed by atoms with E-state index in [1.807, 2.05) is 39.8 Å². The van der Waals surface area contributed by atoms with Crippen LogP contribution in [0.3, 0.4) is 0 Å². The predicted molar refractivity (Wildman–Crippen MR) is 121 cm³/mol. The summed E-state index contributed by atoms with van der Waals surface area (Å²) in [6.45, 7) is 7.67. The molecule has 0 aliphatic carbocycles. The summed E-state index contributed by atoms with van der Waals surface area (Å²) < 4.78 is 43.8. The Labute approximate surface area is 189 Å². The Morgan fingerprint density at radius 2 is 1.59 bits per heavy atom. The zero-order chi connectivity index (χ0) is 23.6. The number of thioether (sulfide) groups is 1. The smallest absolute Gasteiger partial charge is 0.416 e. The molecule has 1 heterocycles. The minimum atomic E-state index is -4.37. The Bertz CT molecular complexity index is 1140. The third-order valence-corrected chi connectivity index (χ3v) is 6.58. The van der Waals surface area contributed by atoms with E-state index in [0.29, 0.717) is 28.4 Å². The van der Waals surface area contributed by atoms with E-state index in [0.717, 1.165) is 28.8 Å². The van der Waals surface area contributed by atoms with Gasteiger partial charge in [0.05, 0.1) is 5.56 Å². The van der Waals surface area contributed by atoms with E-state index in [-0.39, 0.29) is 17.2 Å². The van der Waals surface area contributed by atoms with Crippen LogP contribution in [-0.2, 0) is 6.18 Å². The number of hydrogen-bond donors (Lipinski definition) is 1. The molecule has 170 valence electrons. The van der Waals surface area contributed by atoms with Crippen molar-refractivity contribution >= 4 is 11.8 Å². The highest BCUT2D eigenvalue weighted by Gasteiger charge is 2.30. The molecule has 0 aliphatic heterocycles. The Balaban J connectivity index is 1.85. The number of rotatable bonds is 6. The highest BCUT2D eigenvalue weighted by atomic mass is 32.2. The first-order valence-electron chi connectivity index (χ1n) is 10.3. The minimum absolute atomic E-state index is 0.135. The first-order chi connectivity index (χ1) is 15.0. The molecule has 0 spiro atoms. The Kier molecular flexibility index (Phi) is 7.08. The summed E-state index contributed by atoms with van der Waals surface area (Å²) >= 11 is 1.38. The maximum Gasteiger partial charge on any atom is 0.416 e. The molecule has 0 radical (unpaired) electrons. The monoisotopic (exact) mass is 462 g/mol. The van der Waals surface area contributed by atoms with Crippen LogP contribution in [0.4, 0.5) is 13.2 Å². The number of aromatic hydroxyl groups is 1. The summed E-state index contributed by atoms with van der Waals surface area (Å²) in [7, 11) is 0. The summed E-state index contributed by atoms with van der Waals surface area (Å²) in [5.74, 6) is 0.534. The van der Waals surface area contributed by atoms with Gasteiger partial charge in [0.2, 0.25) is 0 Å². The largest absolute Gasteiger partial charge is 0.507 e. The second-order valence-corrected chi connectivity index (χ2v) is 9.00. The zero-order valence-electron chi connectivity index (χ0n) is 18.3.